The van der Waals surface area contributed by atoms with Crippen LogP contribution in [0.3, 0.4) is 0 Å². The normalized spacial score (nSPS) is 9.71. The predicted octanol–water partition coefficient (Wildman–Crippen LogP) is 2.83. The predicted molar refractivity (Wildman–Crippen MR) is 71.3 cm³/mol. The Morgan fingerprint density at radius 3 is 2.76 bits per heavy atom. The summed E-state index contributed by atoms with van der Waals surface area (Å²) in [5.41, 5.74) is 0. The molecule has 0 radical (unpaired) electrons. The van der Waals surface area contributed by atoms with Gasteiger partial charge in [0.25, 0.3) is 0 Å². The van der Waals surface area contributed by atoms with Gasteiger partial charge in [-0.05, 0) is 43.1 Å². The van der Waals surface area contributed by atoms with Crippen LogP contribution in [0.2, 0.25) is 0 Å². The maximum Gasteiger partial charge on any atom is 0.224 e. The largest absolute Gasteiger partial charge is 0.494 e. The molecule has 0 atom stereocenters. The SMILES string of the molecule is C=CNC(=O)CCCOc1ccc(SC)cc1. The van der Waals surface area contributed by atoms with E-state index in [1.54, 1.807) is 11.8 Å². The zero-order valence-electron chi connectivity index (χ0n) is 9.94. The molecule has 17 heavy (non-hydrogen) atoms. The Balaban J connectivity index is 2.21. The fourth-order valence-corrected chi connectivity index (χ4v) is 1.69. The van der Waals surface area contributed by atoms with E-state index < -0.39 is 0 Å². The number of hydrogen-bond donors (Lipinski definition) is 1. The molecule has 0 aliphatic heterocycles. The van der Waals surface area contributed by atoms with E-state index in [4.69, 9.17) is 4.74 Å². The van der Waals surface area contributed by atoms with E-state index in [0.717, 1.165) is 5.75 Å². The standard InChI is InChI=1S/C13H17NO2S/c1-3-14-13(15)5-4-10-16-11-6-8-12(17-2)9-7-11/h3,6-9H,1,4-5,10H2,2H3,(H,14,15). The van der Waals surface area contributed by atoms with Crippen LogP contribution in [0.1, 0.15) is 12.8 Å². The molecule has 4 heteroatoms. The molecule has 0 aliphatic rings. The topological polar surface area (TPSA) is 38.3 Å². The van der Waals surface area contributed by atoms with Crippen LogP contribution in [0, 0.1) is 0 Å². The van der Waals surface area contributed by atoms with Crippen molar-refractivity contribution in [3.63, 3.8) is 0 Å². The second-order valence-corrected chi connectivity index (χ2v) is 4.28. The second kappa shape index (κ2) is 7.79. The molecule has 0 unspecified atom stereocenters. The summed E-state index contributed by atoms with van der Waals surface area (Å²) in [7, 11) is 0. The lowest BCUT2D eigenvalue weighted by atomic mass is 10.3. The molecule has 1 amide bonds. The van der Waals surface area contributed by atoms with Crippen LogP contribution in [0.25, 0.3) is 0 Å². The van der Waals surface area contributed by atoms with Gasteiger partial charge < -0.3 is 10.1 Å². The lowest BCUT2D eigenvalue weighted by Gasteiger charge is -2.06. The highest BCUT2D eigenvalue weighted by Gasteiger charge is 1.99. The van der Waals surface area contributed by atoms with Crippen LogP contribution in [-0.2, 0) is 4.79 Å². The van der Waals surface area contributed by atoms with Gasteiger partial charge >= 0.3 is 0 Å². The highest BCUT2D eigenvalue weighted by Crippen LogP contribution is 2.18. The van der Waals surface area contributed by atoms with Gasteiger partial charge in [-0.25, -0.2) is 0 Å². The van der Waals surface area contributed by atoms with Gasteiger partial charge in [-0.3, -0.25) is 4.79 Å². The molecule has 1 aromatic rings. The fourth-order valence-electron chi connectivity index (χ4n) is 1.28. The molecule has 0 spiro atoms. The average Bonchev–Trinajstić information content (AvgIpc) is 2.36. The van der Waals surface area contributed by atoms with E-state index in [9.17, 15) is 4.79 Å². The smallest absolute Gasteiger partial charge is 0.224 e. The van der Waals surface area contributed by atoms with Gasteiger partial charge in [0.15, 0.2) is 0 Å². The van der Waals surface area contributed by atoms with Crippen molar-refractivity contribution in [2.45, 2.75) is 17.7 Å². The number of benzene rings is 1. The van der Waals surface area contributed by atoms with Crippen LogP contribution in [0.5, 0.6) is 5.75 Å². The lowest BCUT2D eigenvalue weighted by molar-refractivity contribution is -0.120. The molecule has 92 valence electrons. The molecule has 0 saturated carbocycles. The van der Waals surface area contributed by atoms with Crippen molar-refractivity contribution in [1.29, 1.82) is 0 Å². The van der Waals surface area contributed by atoms with Crippen LogP contribution in [0.15, 0.2) is 41.9 Å². The number of amides is 1. The van der Waals surface area contributed by atoms with Crippen molar-refractivity contribution < 1.29 is 9.53 Å². The van der Waals surface area contributed by atoms with Gasteiger partial charge in [-0.15, -0.1) is 11.8 Å². The number of hydrogen-bond acceptors (Lipinski definition) is 3. The molecule has 0 bridgehead atoms. The first-order valence-corrected chi connectivity index (χ1v) is 6.66. The summed E-state index contributed by atoms with van der Waals surface area (Å²) in [6.07, 6.45) is 4.58. The van der Waals surface area contributed by atoms with Gasteiger partial charge in [-0.2, -0.15) is 0 Å². The van der Waals surface area contributed by atoms with Crippen molar-refractivity contribution in [1.82, 2.24) is 5.32 Å². The van der Waals surface area contributed by atoms with Gasteiger partial charge in [0, 0.05) is 11.3 Å². The van der Waals surface area contributed by atoms with E-state index in [-0.39, 0.29) is 5.91 Å². The fraction of sp³-hybridized carbons (Fsp3) is 0.308. The number of carbonyl (C=O) groups is 1. The quantitative estimate of drug-likeness (QED) is 0.598. The summed E-state index contributed by atoms with van der Waals surface area (Å²) in [5.74, 6) is 0.813. The minimum Gasteiger partial charge on any atom is -0.494 e. The van der Waals surface area contributed by atoms with E-state index in [1.165, 1.54) is 11.1 Å². The molecule has 3 nitrogen and oxygen atoms in total. The Morgan fingerprint density at radius 1 is 1.47 bits per heavy atom. The summed E-state index contributed by atoms with van der Waals surface area (Å²) in [4.78, 5) is 12.3. The summed E-state index contributed by atoms with van der Waals surface area (Å²) in [6.45, 7) is 3.97. The number of ether oxygens (including phenoxy) is 1. The first kappa shape index (κ1) is 13.6. The van der Waals surface area contributed by atoms with Crippen molar-refractivity contribution >= 4 is 17.7 Å². The van der Waals surface area contributed by atoms with Gasteiger partial charge in [-0.1, -0.05) is 6.58 Å². The summed E-state index contributed by atoms with van der Waals surface area (Å²) < 4.78 is 5.52. The van der Waals surface area contributed by atoms with Crippen LogP contribution in [0.4, 0.5) is 0 Å². The third kappa shape index (κ3) is 5.45. The lowest BCUT2D eigenvalue weighted by Crippen LogP contribution is -2.16. The maximum absolute atomic E-state index is 11.1. The Labute approximate surface area is 106 Å². The van der Waals surface area contributed by atoms with Crippen LogP contribution >= 0.6 is 11.8 Å². The zero-order valence-corrected chi connectivity index (χ0v) is 10.8. The molecule has 1 rings (SSSR count). The van der Waals surface area contributed by atoms with E-state index in [0.29, 0.717) is 19.4 Å². The summed E-state index contributed by atoms with van der Waals surface area (Å²) in [5, 5.41) is 2.53. The molecule has 0 heterocycles. The zero-order chi connectivity index (χ0) is 12.5. The monoisotopic (exact) mass is 251 g/mol. The molecule has 0 saturated heterocycles. The molecular weight excluding hydrogens is 234 g/mol. The van der Waals surface area contributed by atoms with Gasteiger partial charge in [0.2, 0.25) is 5.91 Å². The van der Waals surface area contributed by atoms with Gasteiger partial charge in [0.1, 0.15) is 5.75 Å². The molecule has 0 fully saturated rings. The highest BCUT2D eigenvalue weighted by molar-refractivity contribution is 7.98. The molecule has 1 N–H and O–H groups in total. The van der Waals surface area contributed by atoms with Crippen molar-refractivity contribution in [2.24, 2.45) is 0 Å². The summed E-state index contributed by atoms with van der Waals surface area (Å²) in [6, 6.07) is 7.92. The average molecular weight is 251 g/mol. The third-order valence-corrected chi connectivity index (χ3v) is 2.88. The van der Waals surface area contributed by atoms with Crippen LogP contribution in [-0.4, -0.2) is 18.8 Å². The van der Waals surface area contributed by atoms with Crippen molar-refractivity contribution in [3.8, 4) is 5.75 Å². The van der Waals surface area contributed by atoms with E-state index in [2.05, 4.69) is 11.9 Å². The number of rotatable bonds is 7. The van der Waals surface area contributed by atoms with E-state index >= 15 is 0 Å². The van der Waals surface area contributed by atoms with Crippen molar-refractivity contribution in [3.05, 3.63) is 37.0 Å². The third-order valence-electron chi connectivity index (χ3n) is 2.14. The Bertz CT molecular complexity index is 362. The van der Waals surface area contributed by atoms with Gasteiger partial charge in [0.05, 0.1) is 6.61 Å². The minimum atomic E-state index is -0.0265. The molecular formula is C13H17NO2S. The molecule has 0 aromatic heterocycles. The molecule has 1 aromatic carbocycles. The first-order valence-electron chi connectivity index (χ1n) is 5.43. The Hall–Kier alpha value is -1.42. The number of carbonyl (C=O) groups excluding carboxylic acids is 1. The van der Waals surface area contributed by atoms with Crippen molar-refractivity contribution in [2.75, 3.05) is 12.9 Å². The Morgan fingerprint density at radius 2 is 2.18 bits per heavy atom. The van der Waals surface area contributed by atoms with Crippen LogP contribution < -0.4 is 10.1 Å². The minimum absolute atomic E-state index is 0.0265. The molecule has 0 aliphatic carbocycles. The second-order valence-electron chi connectivity index (χ2n) is 3.40. The first-order chi connectivity index (χ1) is 8.26. The summed E-state index contributed by atoms with van der Waals surface area (Å²) >= 11 is 1.70. The van der Waals surface area contributed by atoms with E-state index in [1.807, 2.05) is 30.5 Å². The number of nitrogens with one attached hydrogen (secondary N) is 1. The number of thioether (sulfide) groups is 1. The highest BCUT2D eigenvalue weighted by atomic mass is 32.2. The Kier molecular flexibility index (Phi) is 6.25. The maximum atomic E-state index is 11.1.